The average Bonchev–Trinajstić information content (AvgIpc) is 2.39. The Morgan fingerprint density at radius 1 is 1.06 bits per heavy atom. The van der Waals surface area contributed by atoms with Crippen molar-refractivity contribution in [2.45, 2.75) is 20.4 Å². The molecule has 0 aromatic carbocycles. The summed E-state index contributed by atoms with van der Waals surface area (Å²) in [6.45, 7) is 5.71. The summed E-state index contributed by atoms with van der Waals surface area (Å²) in [6.07, 6.45) is 5.54. The van der Waals surface area contributed by atoms with Crippen LogP contribution in [0.15, 0.2) is 36.8 Å². The minimum Gasteiger partial charge on any atom is -0.384 e. The molecule has 0 aliphatic carbocycles. The Morgan fingerprint density at radius 3 is 2.50 bits per heavy atom. The summed E-state index contributed by atoms with van der Waals surface area (Å²) in [5.41, 5.74) is 4.24. The van der Waals surface area contributed by atoms with E-state index in [1.165, 1.54) is 0 Å². The first-order valence-corrected chi connectivity index (χ1v) is 6.12. The number of aryl methyl sites for hydroxylation is 1. The van der Waals surface area contributed by atoms with Crippen LogP contribution in [0.2, 0.25) is 0 Å². The fourth-order valence-corrected chi connectivity index (χ4v) is 1.64. The molecule has 2 rings (SSSR count). The maximum absolute atomic E-state index is 4.27. The third-order valence-electron chi connectivity index (χ3n) is 2.59. The molecular weight excluding hydrogens is 224 g/mol. The largest absolute Gasteiger partial charge is 0.384 e. The number of aromatic nitrogens is 2. The average molecular weight is 242 g/mol. The van der Waals surface area contributed by atoms with Gasteiger partial charge in [0.1, 0.15) is 0 Å². The normalized spacial score (nSPS) is 10.1. The Balaban J connectivity index is 1.97. The number of hydrogen-bond donors (Lipinski definition) is 2. The predicted molar refractivity (Wildman–Crippen MR) is 74.7 cm³/mol. The summed E-state index contributed by atoms with van der Waals surface area (Å²) in [4.78, 5) is 8.46. The molecule has 0 aliphatic rings. The summed E-state index contributed by atoms with van der Waals surface area (Å²) in [5.74, 6) is 0. The molecule has 0 radical (unpaired) electrons. The third kappa shape index (κ3) is 3.45. The SMILES string of the molecule is CCNc1cncc(NCc2ccc(C)nc2)c1. The monoisotopic (exact) mass is 242 g/mol. The minimum absolute atomic E-state index is 0.755. The van der Waals surface area contributed by atoms with E-state index >= 15 is 0 Å². The minimum atomic E-state index is 0.755. The fourth-order valence-electron chi connectivity index (χ4n) is 1.64. The summed E-state index contributed by atoms with van der Waals surface area (Å²) in [7, 11) is 0. The van der Waals surface area contributed by atoms with Gasteiger partial charge in [0.05, 0.1) is 23.8 Å². The Morgan fingerprint density at radius 2 is 1.83 bits per heavy atom. The van der Waals surface area contributed by atoms with Gasteiger partial charge < -0.3 is 10.6 Å². The van der Waals surface area contributed by atoms with E-state index in [9.17, 15) is 0 Å². The van der Waals surface area contributed by atoms with Crippen LogP contribution in [0.25, 0.3) is 0 Å². The van der Waals surface area contributed by atoms with Crippen molar-refractivity contribution in [2.75, 3.05) is 17.2 Å². The van der Waals surface area contributed by atoms with Gasteiger partial charge in [0.15, 0.2) is 0 Å². The van der Waals surface area contributed by atoms with Crippen molar-refractivity contribution >= 4 is 11.4 Å². The van der Waals surface area contributed by atoms with Gasteiger partial charge in [-0.05, 0) is 31.5 Å². The van der Waals surface area contributed by atoms with Gasteiger partial charge in [-0.25, -0.2) is 0 Å². The lowest BCUT2D eigenvalue weighted by atomic mass is 10.2. The molecule has 0 fully saturated rings. The van der Waals surface area contributed by atoms with E-state index in [4.69, 9.17) is 0 Å². The van der Waals surface area contributed by atoms with Gasteiger partial charge in [0, 0.05) is 25.0 Å². The molecule has 2 N–H and O–H groups in total. The first-order valence-electron chi connectivity index (χ1n) is 6.12. The standard InChI is InChI=1S/C14H18N4/c1-3-16-13-6-14(10-15-9-13)18-8-12-5-4-11(2)17-7-12/h4-7,9-10,16,18H,3,8H2,1-2H3. The molecule has 0 unspecified atom stereocenters. The van der Waals surface area contributed by atoms with Gasteiger partial charge >= 0.3 is 0 Å². The molecule has 18 heavy (non-hydrogen) atoms. The zero-order valence-electron chi connectivity index (χ0n) is 10.8. The van der Waals surface area contributed by atoms with E-state index in [0.29, 0.717) is 0 Å². The quantitative estimate of drug-likeness (QED) is 0.846. The van der Waals surface area contributed by atoms with Crippen molar-refractivity contribution in [1.82, 2.24) is 9.97 Å². The summed E-state index contributed by atoms with van der Waals surface area (Å²) in [6, 6.07) is 6.15. The molecule has 0 bridgehead atoms. The molecule has 94 valence electrons. The highest BCUT2D eigenvalue weighted by Crippen LogP contribution is 2.13. The highest BCUT2D eigenvalue weighted by atomic mass is 14.9. The molecule has 0 saturated heterocycles. The van der Waals surface area contributed by atoms with Crippen LogP contribution in [0.1, 0.15) is 18.2 Å². The summed E-state index contributed by atoms with van der Waals surface area (Å²) < 4.78 is 0. The van der Waals surface area contributed by atoms with Gasteiger partial charge in [0.25, 0.3) is 0 Å². The van der Waals surface area contributed by atoms with Crippen molar-refractivity contribution in [1.29, 1.82) is 0 Å². The third-order valence-corrected chi connectivity index (χ3v) is 2.59. The first-order chi connectivity index (χ1) is 8.78. The van der Waals surface area contributed by atoms with Crippen LogP contribution >= 0.6 is 0 Å². The number of pyridine rings is 2. The molecule has 0 aliphatic heterocycles. The fraction of sp³-hybridized carbons (Fsp3) is 0.286. The van der Waals surface area contributed by atoms with Gasteiger partial charge in [-0.1, -0.05) is 6.07 Å². The number of rotatable bonds is 5. The Labute approximate surface area is 107 Å². The Bertz CT molecular complexity index is 493. The van der Waals surface area contributed by atoms with Crippen LogP contribution in [0.4, 0.5) is 11.4 Å². The van der Waals surface area contributed by atoms with Crippen molar-refractivity contribution in [3.05, 3.63) is 48.0 Å². The van der Waals surface area contributed by atoms with Crippen molar-refractivity contribution in [3.63, 3.8) is 0 Å². The molecule has 2 aromatic heterocycles. The number of nitrogens with one attached hydrogen (secondary N) is 2. The van der Waals surface area contributed by atoms with E-state index < -0.39 is 0 Å². The zero-order valence-corrected chi connectivity index (χ0v) is 10.8. The van der Waals surface area contributed by atoms with Gasteiger partial charge in [-0.2, -0.15) is 0 Å². The second-order valence-corrected chi connectivity index (χ2v) is 4.15. The molecule has 2 heterocycles. The number of nitrogens with zero attached hydrogens (tertiary/aromatic N) is 2. The lowest BCUT2D eigenvalue weighted by Crippen LogP contribution is -2.02. The second-order valence-electron chi connectivity index (χ2n) is 4.15. The number of anilines is 2. The van der Waals surface area contributed by atoms with E-state index in [1.807, 2.05) is 31.6 Å². The van der Waals surface area contributed by atoms with E-state index in [1.54, 1.807) is 0 Å². The Kier molecular flexibility index (Phi) is 4.12. The van der Waals surface area contributed by atoms with Crippen LogP contribution in [0.3, 0.4) is 0 Å². The molecular formula is C14H18N4. The molecule has 4 heteroatoms. The highest BCUT2D eigenvalue weighted by Gasteiger charge is 1.97. The van der Waals surface area contributed by atoms with Crippen LogP contribution in [0.5, 0.6) is 0 Å². The second kappa shape index (κ2) is 6.00. The van der Waals surface area contributed by atoms with Crippen molar-refractivity contribution < 1.29 is 0 Å². The van der Waals surface area contributed by atoms with E-state index in [-0.39, 0.29) is 0 Å². The maximum atomic E-state index is 4.27. The first kappa shape index (κ1) is 12.4. The lowest BCUT2D eigenvalue weighted by molar-refractivity contribution is 1.08. The predicted octanol–water partition coefficient (Wildman–Crippen LogP) is 2.83. The van der Waals surface area contributed by atoms with E-state index in [0.717, 1.165) is 35.7 Å². The molecule has 0 amide bonds. The molecule has 2 aromatic rings. The zero-order chi connectivity index (χ0) is 12.8. The highest BCUT2D eigenvalue weighted by molar-refractivity contribution is 5.54. The van der Waals surface area contributed by atoms with Crippen LogP contribution in [-0.4, -0.2) is 16.5 Å². The Hall–Kier alpha value is -2.10. The lowest BCUT2D eigenvalue weighted by Gasteiger charge is -2.08. The van der Waals surface area contributed by atoms with Crippen LogP contribution in [-0.2, 0) is 6.54 Å². The van der Waals surface area contributed by atoms with Crippen LogP contribution in [0, 0.1) is 6.92 Å². The van der Waals surface area contributed by atoms with Gasteiger partial charge in [-0.15, -0.1) is 0 Å². The summed E-state index contributed by atoms with van der Waals surface area (Å²) in [5, 5.41) is 6.58. The molecule has 0 saturated carbocycles. The van der Waals surface area contributed by atoms with Crippen LogP contribution < -0.4 is 10.6 Å². The molecule has 0 spiro atoms. The molecule has 0 atom stereocenters. The van der Waals surface area contributed by atoms with Gasteiger partial charge in [0.2, 0.25) is 0 Å². The molecule has 4 nitrogen and oxygen atoms in total. The summed E-state index contributed by atoms with van der Waals surface area (Å²) >= 11 is 0. The van der Waals surface area contributed by atoms with Crippen molar-refractivity contribution in [3.8, 4) is 0 Å². The topological polar surface area (TPSA) is 49.8 Å². The smallest absolute Gasteiger partial charge is 0.0550 e. The van der Waals surface area contributed by atoms with E-state index in [2.05, 4.69) is 39.7 Å². The van der Waals surface area contributed by atoms with Gasteiger partial charge in [-0.3, -0.25) is 9.97 Å². The number of hydrogen-bond acceptors (Lipinski definition) is 4. The maximum Gasteiger partial charge on any atom is 0.0550 e. The van der Waals surface area contributed by atoms with Crippen molar-refractivity contribution in [2.24, 2.45) is 0 Å².